The number of hydrogen-bond donors (Lipinski definition) is 3. The fourth-order valence-electron chi connectivity index (χ4n) is 11.0. The van der Waals surface area contributed by atoms with Crippen molar-refractivity contribution in [2.24, 2.45) is 16.7 Å². The average Bonchev–Trinajstić information content (AvgIpc) is 3.34. The quantitative estimate of drug-likeness (QED) is 0.0892. The zero-order valence-corrected chi connectivity index (χ0v) is 39.5. The number of aliphatic hydroxyl groups excluding tert-OH is 1. The van der Waals surface area contributed by atoms with Gasteiger partial charge in [-0.1, -0.05) is 98.8 Å². The van der Waals surface area contributed by atoms with E-state index in [1.54, 1.807) is 111 Å². The summed E-state index contributed by atoms with van der Waals surface area (Å²) in [5.74, 6) is -7.92. The lowest BCUT2D eigenvalue weighted by atomic mass is 9.44. The number of esters is 5. The van der Waals surface area contributed by atoms with Crippen LogP contribution in [0, 0.1) is 16.7 Å². The summed E-state index contributed by atoms with van der Waals surface area (Å²) in [4.78, 5) is 99.7. The molecule has 0 aromatic heterocycles. The van der Waals surface area contributed by atoms with Crippen LogP contribution in [0.1, 0.15) is 97.1 Å². The van der Waals surface area contributed by atoms with E-state index in [1.165, 1.54) is 38.1 Å². The van der Waals surface area contributed by atoms with E-state index in [0.717, 1.165) is 13.8 Å². The lowest BCUT2D eigenvalue weighted by molar-refractivity contribution is -0.346. The molecule has 0 spiro atoms. The minimum Gasteiger partial charge on any atom is -0.455 e. The van der Waals surface area contributed by atoms with Crippen LogP contribution in [0.4, 0.5) is 0 Å². The molecule has 4 aromatic rings. The number of carbonyl (C=O) groups is 7. The van der Waals surface area contributed by atoms with E-state index < -0.39 is 119 Å². The lowest BCUT2D eigenvalue weighted by Gasteiger charge is -2.67. The van der Waals surface area contributed by atoms with Gasteiger partial charge >= 0.3 is 29.8 Å². The predicted molar refractivity (Wildman–Crippen MR) is 247 cm³/mol. The lowest BCUT2D eigenvalue weighted by Crippen LogP contribution is -2.82. The molecule has 3 N–H and O–H groups in total. The normalized spacial score (nSPS) is 29.4. The van der Waals surface area contributed by atoms with Crippen LogP contribution in [0.3, 0.4) is 0 Å². The minimum atomic E-state index is -2.46. The Morgan fingerprint density at radius 1 is 0.729 bits per heavy atom. The van der Waals surface area contributed by atoms with Crippen LogP contribution < -0.4 is 5.32 Å². The molecular formula is C54H55NO15. The molecule has 4 aromatic carbocycles. The Morgan fingerprint density at radius 2 is 1.27 bits per heavy atom. The number of Topliss-reactive ketones (excluding diaryl/α,β-unsaturated/α-hetero) is 1. The summed E-state index contributed by atoms with van der Waals surface area (Å²) >= 11 is 0. The van der Waals surface area contributed by atoms with Gasteiger partial charge in [-0.25, -0.2) is 14.4 Å². The zero-order valence-electron chi connectivity index (χ0n) is 39.5. The molecule has 70 heavy (non-hydrogen) atoms. The molecule has 1 saturated heterocycles. The van der Waals surface area contributed by atoms with Crippen LogP contribution >= 0.6 is 0 Å². The third-order valence-electron chi connectivity index (χ3n) is 14.7. The molecular weight excluding hydrogens is 903 g/mol. The SMILES string of the molecule is CC(=O)O[C@H]1C(=O)[C@@]2(C)[C@H]([C@H](OC(=O)c3ccccc3)[C@]3(O)C[C@H](OC(=O)[C@H](OC(=O)c4ccccc4)[C@@H](NC(=O)c4ccccc4)c4ccccc4)C(C)=C1C3(C)C)[C@]1(OC(C)=O)CO[C@@H]1C[C@@H]2O. The van der Waals surface area contributed by atoms with Gasteiger partial charge in [-0.05, 0) is 67.0 Å². The van der Waals surface area contributed by atoms with Gasteiger partial charge in [0.2, 0.25) is 6.10 Å². The van der Waals surface area contributed by atoms with Crippen LogP contribution in [-0.4, -0.2) is 106 Å². The van der Waals surface area contributed by atoms with E-state index in [1.807, 2.05) is 0 Å². The highest BCUT2D eigenvalue weighted by Crippen LogP contribution is 2.64. The third kappa shape index (κ3) is 8.57. The van der Waals surface area contributed by atoms with E-state index in [4.69, 9.17) is 28.4 Å². The summed E-state index contributed by atoms with van der Waals surface area (Å²) < 4.78 is 36.9. The number of fused-ring (bicyclic) bond motifs is 5. The maximum atomic E-state index is 15.7. The van der Waals surface area contributed by atoms with Crippen molar-refractivity contribution in [1.82, 2.24) is 5.32 Å². The van der Waals surface area contributed by atoms with Crippen molar-refractivity contribution in [3.8, 4) is 0 Å². The molecule has 0 unspecified atom stereocenters. The molecule has 366 valence electrons. The van der Waals surface area contributed by atoms with E-state index in [-0.39, 0.29) is 40.9 Å². The number of carbonyl (C=O) groups excluding carboxylic acids is 7. The fourth-order valence-corrected chi connectivity index (χ4v) is 11.0. The Morgan fingerprint density at radius 3 is 1.80 bits per heavy atom. The van der Waals surface area contributed by atoms with Crippen LogP contribution in [0.5, 0.6) is 0 Å². The number of hydrogen-bond acceptors (Lipinski definition) is 15. The second kappa shape index (κ2) is 19.1. The molecule has 16 heteroatoms. The van der Waals surface area contributed by atoms with Crippen molar-refractivity contribution >= 4 is 41.5 Å². The number of amides is 1. The van der Waals surface area contributed by atoms with Gasteiger partial charge in [-0.3, -0.25) is 19.2 Å². The summed E-state index contributed by atoms with van der Waals surface area (Å²) in [6.07, 6.45) is -10.7. The van der Waals surface area contributed by atoms with Crippen LogP contribution in [0.15, 0.2) is 132 Å². The molecule has 0 radical (unpaired) electrons. The van der Waals surface area contributed by atoms with Crippen LogP contribution in [0.2, 0.25) is 0 Å². The van der Waals surface area contributed by atoms with Gasteiger partial charge in [0.05, 0.1) is 35.2 Å². The van der Waals surface area contributed by atoms with Crippen molar-refractivity contribution in [1.29, 1.82) is 0 Å². The molecule has 11 atom stereocenters. The molecule has 16 nitrogen and oxygen atoms in total. The average molecular weight is 958 g/mol. The van der Waals surface area contributed by atoms with Gasteiger partial charge < -0.3 is 44.0 Å². The highest BCUT2D eigenvalue weighted by molar-refractivity contribution is 5.97. The number of ketones is 1. The van der Waals surface area contributed by atoms with Crippen molar-refractivity contribution in [2.45, 2.75) is 108 Å². The Bertz CT molecular complexity index is 2710. The molecule has 2 saturated carbocycles. The van der Waals surface area contributed by atoms with Gasteiger partial charge in [0.1, 0.15) is 30.0 Å². The maximum Gasteiger partial charge on any atom is 0.350 e. The van der Waals surface area contributed by atoms with Gasteiger partial charge in [0, 0.05) is 37.7 Å². The monoisotopic (exact) mass is 957 g/mol. The Kier molecular flexibility index (Phi) is 13.5. The molecule has 1 heterocycles. The van der Waals surface area contributed by atoms with E-state index >= 15 is 9.59 Å². The van der Waals surface area contributed by atoms with Gasteiger partial charge in [0.25, 0.3) is 5.91 Å². The summed E-state index contributed by atoms with van der Waals surface area (Å²) in [7, 11) is 0. The number of nitrogens with one attached hydrogen (secondary N) is 1. The first-order valence-electron chi connectivity index (χ1n) is 23.0. The second-order valence-electron chi connectivity index (χ2n) is 19.1. The standard InChI is InChI=1S/C54H55NO15/c1-30-37(67-50(63)43(68-48(61)35-23-15-9-16-24-35)41(33-19-11-7-12-20-33)55-47(60)34-21-13-8-14-22-34)28-54(64)46(69-49(62)36-25-17-10-18-26-36)44-52(6,38(58)27-39-53(44,29-65-39)70-32(3)57)45(59)42(66-31(2)56)40(30)51(54,4)5/h7-26,37-39,41-44,46,58,64H,27-29H2,1-6H3,(H,55,60)/t37-,38-,39+,41-,42+,43+,44-,46-,52+,53-,54+/m0/s1. The maximum absolute atomic E-state index is 15.7. The molecule has 1 amide bonds. The predicted octanol–water partition coefficient (Wildman–Crippen LogP) is 5.60. The Labute approximate surface area is 404 Å². The molecule has 3 aliphatic carbocycles. The minimum absolute atomic E-state index is 0.0322. The number of ether oxygens (including phenoxy) is 6. The second-order valence-corrected chi connectivity index (χ2v) is 19.1. The van der Waals surface area contributed by atoms with Gasteiger partial charge in [0.15, 0.2) is 17.5 Å². The summed E-state index contributed by atoms with van der Waals surface area (Å²) in [5, 5.41) is 29.0. The molecule has 4 aliphatic rings. The zero-order chi connectivity index (χ0) is 50.3. The summed E-state index contributed by atoms with van der Waals surface area (Å²) in [5.41, 5.74) is -7.28. The van der Waals surface area contributed by atoms with E-state index in [0.29, 0.717) is 5.56 Å². The smallest absolute Gasteiger partial charge is 0.350 e. The Hall–Kier alpha value is -7.01. The summed E-state index contributed by atoms with van der Waals surface area (Å²) in [6.45, 7) is 7.93. The first kappa shape index (κ1) is 49.4. The first-order chi connectivity index (χ1) is 33.2. The van der Waals surface area contributed by atoms with Crippen molar-refractivity contribution in [2.75, 3.05) is 6.61 Å². The molecule has 1 aliphatic heterocycles. The molecule has 3 fully saturated rings. The largest absolute Gasteiger partial charge is 0.455 e. The highest BCUT2D eigenvalue weighted by atomic mass is 16.6. The van der Waals surface area contributed by atoms with E-state index in [2.05, 4.69) is 5.32 Å². The molecule has 8 rings (SSSR count). The number of rotatable bonds is 12. The van der Waals surface area contributed by atoms with E-state index in [9.17, 15) is 34.2 Å². The number of aliphatic hydroxyl groups is 2. The third-order valence-corrected chi connectivity index (χ3v) is 14.7. The highest BCUT2D eigenvalue weighted by Gasteiger charge is 2.78. The van der Waals surface area contributed by atoms with Crippen LogP contribution in [-0.2, 0) is 47.6 Å². The van der Waals surface area contributed by atoms with Crippen molar-refractivity contribution in [3.05, 3.63) is 155 Å². The number of benzene rings is 4. The Balaban J connectivity index is 1.31. The molecule has 2 bridgehead atoms. The topological polar surface area (TPSA) is 227 Å². The van der Waals surface area contributed by atoms with Gasteiger partial charge in [-0.2, -0.15) is 0 Å². The van der Waals surface area contributed by atoms with Gasteiger partial charge in [-0.15, -0.1) is 0 Å². The fraction of sp³-hybridized carbons (Fsp3) is 0.389. The van der Waals surface area contributed by atoms with Crippen molar-refractivity contribution in [3.63, 3.8) is 0 Å². The van der Waals surface area contributed by atoms with Crippen LogP contribution in [0.25, 0.3) is 0 Å². The van der Waals surface area contributed by atoms with Crippen molar-refractivity contribution < 1.29 is 72.2 Å². The first-order valence-corrected chi connectivity index (χ1v) is 23.0. The summed E-state index contributed by atoms with van der Waals surface area (Å²) in [6, 6.07) is 30.7.